The number of methoxy groups -OCH3 is 2. The van der Waals surface area contributed by atoms with Gasteiger partial charge in [-0.1, -0.05) is 75.2 Å². The lowest BCUT2D eigenvalue weighted by molar-refractivity contribution is 0.411. The van der Waals surface area contributed by atoms with E-state index < -0.39 is 0 Å². The zero-order chi connectivity index (χ0) is 24.0. The Morgan fingerprint density at radius 1 is 0.469 bits per heavy atom. The van der Waals surface area contributed by atoms with E-state index >= 15 is 0 Å². The molecule has 0 aromatic heterocycles. The van der Waals surface area contributed by atoms with E-state index in [1.807, 2.05) is 27.7 Å². The minimum absolute atomic E-state index is 0.873. The van der Waals surface area contributed by atoms with E-state index in [9.17, 15) is 0 Å². The van der Waals surface area contributed by atoms with E-state index in [-0.39, 0.29) is 0 Å². The van der Waals surface area contributed by atoms with Crippen molar-refractivity contribution in [2.45, 2.75) is 55.4 Å². The summed E-state index contributed by atoms with van der Waals surface area (Å²) >= 11 is 0. The van der Waals surface area contributed by atoms with Crippen LogP contribution in [-0.2, 0) is 0 Å². The lowest BCUT2D eigenvalue weighted by Crippen LogP contribution is -1.97. The van der Waals surface area contributed by atoms with E-state index in [1.165, 1.54) is 43.8 Å². The number of hydrogen-bond donors (Lipinski definition) is 0. The van der Waals surface area contributed by atoms with Crippen molar-refractivity contribution in [3.05, 3.63) is 70.8 Å². The first-order valence-corrected chi connectivity index (χ1v) is 11.6. The summed E-state index contributed by atoms with van der Waals surface area (Å²) in [7, 11) is 3.48. The summed E-state index contributed by atoms with van der Waals surface area (Å²) in [6.45, 7) is 16.5. The van der Waals surface area contributed by atoms with Crippen molar-refractivity contribution in [2.75, 3.05) is 14.2 Å². The van der Waals surface area contributed by atoms with Crippen LogP contribution in [0.1, 0.15) is 49.9 Å². The number of benzene rings is 4. The van der Waals surface area contributed by atoms with Gasteiger partial charge in [-0.05, 0) is 72.5 Å². The van der Waals surface area contributed by atoms with Gasteiger partial charge in [-0.2, -0.15) is 0 Å². The fourth-order valence-electron chi connectivity index (χ4n) is 4.20. The number of aryl methyl sites for hydroxylation is 4. The SMILES string of the molecule is CC.CC.COc1cc(C)c2cc(C)ccc2c1-c1c(OC)cc(C)c2cc(C)ccc12. The molecule has 170 valence electrons. The predicted octanol–water partition coefficient (Wildman–Crippen LogP) is 8.96. The quantitative estimate of drug-likeness (QED) is 0.323. The molecule has 0 unspecified atom stereocenters. The van der Waals surface area contributed by atoms with Crippen LogP contribution in [-0.4, -0.2) is 14.2 Å². The summed E-state index contributed by atoms with van der Waals surface area (Å²) in [4.78, 5) is 0. The summed E-state index contributed by atoms with van der Waals surface area (Å²) in [5, 5.41) is 4.87. The van der Waals surface area contributed by atoms with E-state index in [0.717, 1.165) is 22.6 Å². The van der Waals surface area contributed by atoms with Crippen LogP contribution in [0.5, 0.6) is 11.5 Å². The third-order valence-electron chi connectivity index (χ3n) is 5.62. The minimum atomic E-state index is 0.873. The van der Waals surface area contributed by atoms with Crippen LogP contribution >= 0.6 is 0 Å². The van der Waals surface area contributed by atoms with Crippen molar-refractivity contribution in [3.8, 4) is 22.6 Å². The Bertz CT molecular complexity index is 1120. The monoisotopic (exact) mass is 430 g/mol. The fraction of sp³-hybridized carbons (Fsp3) is 0.333. The Hall–Kier alpha value is -3.00. The normalized spacial score (nSPS) is 10.2. The molecule has 0 aliphatic rings. The Balaban J connectivity index is 0.000000860. The van der Waals surface area contributed by atoms with Crippen LogP contribution in [0.3, 0.4) is 0 Å². The second-order valence-corrected chi connectivity index (χ2v) is 7.64. The molecule has 4 aromatic rings. The van der Waals surface area contributed by atoms with Gasteiger partial charge in [0.25, 0.3) is 0 Å². The lowest BCUT2D eigenvalue weighted by atomic mass is 9.88. The Morgan fingerprint density at radius 3 is 1.12 bits per heavy atom. The molecule has 0 bridgehead atoms. The van der Waals surface area contributed by atoms with Gasteiger partial charge < -0.3 is 9.47 Å². The van der Waals surface area contributed by atoms with Crippen LogP contribution in [0, 0.1) is 27.7 Å². The summed E-state index contributed by atoms with van der Waals surface area (Å²) in [6, 6.07) is 17.5. The van der Waals surface area contributed by atoms with Crippen LogP contribution in [0.15, 0.2) is 48.5 Å². The van der Waals surface area contributed by atoms with Crippen molar-refractivity contribution < 1.29 is 9.47 Å². The van der Waals surface area contributed by atoms with Crippen molar-refractivity contribution >= 4 is 21.5 Å². The molecular weight excluding hydrogens is 392 g/mol. The predicted molar refractivity (Wildman–Crippen MR) is 142 cm³/mol. The van der Waals surface area contributed by atoms with Crippen LogP contribution in [0.2, 0.25) is 0 Å². The van der Waals surface area contributed by atoms with E-state index in [4.69, 9.17) is 9.47 Å². The smallest absolute Gasteiger partial charge is 0.127 e. The standard InChI is InChI=1S/C26H26O2.2C2H6/c1-15-7-9-19-21(11-15)17(3)13-23(27-5)25(19)26-20-10-8-16(2)12-22(20)18(4)14-24(26)28-6;2*1-2/h7-14H,1-6H3;2*1-2H3. The molecule has 0 saturated heterocycles. The fourth-order valence-corrected chi connectivity index (χ4v) is 4.20. The molecule has 0 heterocycles. The topological polar surface area (TPSA) is 18.5 Å². The van der Waals surface area contributed by atoms with Gasteiger partial charge in [-0.25, -0.2) is 0 Å². The zero-order valence-electron chi connectivity index (χ0n) is 21.4. The minimum Gasteiger partial charge on any atom is -0.496 e. The third-order valence-corrected chi connectivity index (χ3v) is 5.62. The highest BCUT2D eigenvalue weighted by atomic mass is 16.5. The summed E-state index contributed by atoms with van der Waals surface area (Å²) in [5.74, 6) is 1.75. The number of fused-ring (bicyclic) bond motifs is 2. The van der Waals surface area contributed by atoms with E-state index in [0.29, 0.717) is 0 Å². The van der Waals surface area contributed by atoms with Crippen molar-refractivity contribution in [1.82, 2.24) is 0 Å². The van der Waals surface area contributed by atoms with Gasteiger partial charge >= 0.3 is 0 Å². The van der Waals surface area contributed by atoms with Gasteiger partial charge in [0.05, 0.1) is 14.2 Å². The van der Waals surface area contributed by atoms with Gasteiger partial charge in [-0.3, -0.25) is 0 Å². The van der Waals surface area contributed by atoms with Crippen LogP contribution in [0.4, 0.5) is 0 Å². The maximum Gasteiger partial charge on any atom is 0.127 e. The molecule has 2 heteroatoms. The molecule has 0 saturated carbocycles. The molecule has 0 fully saturated rings. The second kappa shape index (κ2) is 11.0. The maximum atomic E-state index is 5.87. The average molecular weight is 431 g/mol. The van der Waals surface area contributed by atoms with Crippen LogP contribution < -0.4 is 9.47 Å². The van der Waals surface area contributed by atoms with E-state index in [1.54, 1.807) is 14.2 Å². The summed E-state index contributed by atoms with van der Waals surface area (Å²) in [5.41, 5.74) is 7.12. The Labute approximate surface area is 194 Å². The maximum absolute atomic E-state index is 5.87. The molecule has 0 aliphatic carbocycles. The zero-order valence-corrected chi connectivity index (χ0v) is 21.4. The number of ether oxygens (including phenoxy) is 2. The first-order valence-electron chi connectivity index (χ1n) is 11.6. The van der Waals surface area contributed by atoms with Crippen molar-refractivity contribution in [2.24, 2.45) is 0 Å². The Morgan fingerprint density at radius 2 is 0.812 bits per heavy atom. The molecule has 0 amide bonds. The highest BCUT2D eigenvalue weighted by molar-refractivity contribution is 6.11. The molecule has 0 N–H and O–H groups in total. The van der Waals surface area contributed by atoms with Gasteiger partial charge in [-0.15, -0.1) is 0 Å². The molecule has 0 spiro atoms. The molecule has 32 heavy (non-hydrogen) atoms. The highest BCUT2D eigenvalue weighted by Crippen LogP contribution is 2.47. The van der Waals surface area contributed by atoms with Crippen molar-refractivity contribution in [3.63, 3.8) is 0 Å². The highest BCUT2D eigenvalue weighted by Gasteiger charge is 2.20. The summed E-state index contributed by atoms with van der Waals surface area (Å²) < 4.78 is 11.7. The molecule has 4 rings (SSSR count). The largest absolute Gasteiger partial charge is 0.496 e. The van der Waals surface area contributed by atoms with Crippen molar-refractivity contribution in [1.29, 1.82) is 0 Å². The Kier molecular flexibility index (Phi) is 8.72. The third kappa shape index (κ3) is 4.60. The molecule has 0 atom stereocenters. The van der Waals surface area contributed by atoms with Gasteiger partial charge in [0, 0.05) is 11.1 Å². The van der Waals surface area contributed by atoms with Gasteiger partial charge in [0.15, 0.2) is 0 Å². The lowest BCUT2D eigenvalue weighted by Gasteiger charge is -2.20. The molecule has 4 aromatic carbocycles. The second-order valence-electron chi connectivity index (χ2n) is 7.64. The first kappa shape index (κ1) is 25.3. The summed E-state index contributed by atoms with van der Waals surface area (Å²) in [6.07, 6.45) is 0. The molecule has 2 nitrogen and oxygen atoms in total. The first-order chi connectivity index (χ1) is 15.4. The van der Waals surface area contributed by atoms with Gasteiger partial charge in [0.2, 0.25) is 0 Å². The number of rotatable bonds is 3. The average Bonchev–Trinajstić information content (AvgIpc) is 2.82. The number of hydrogen-bond acceptors (Lipinski definition) is 2. The molecular formula is C30H38O2. The van der Waals surface area contributed by atoms with Gasteiger partial charge in [0.1, 0.15) is 11.5 Å². The van der Waals surface area contributed by atoms with Crippen LogP contribution in [0.25, 0.3) is 32.7 Å². The molecule has 0 radical (unpaired) electrons. The van der Waals surface area contributed by atoms with E-state index in [2.05, 4.69) is 76.2 Å². The molecule has 0 aliphatic heterocycles.